The second-order valence-electron chi connectivity index (χ2n) is 5.28. The van der Waals surface area contributed by atoms with Crippen LogP contribution in [0.5, 0.6) is 5.75 Å². The van der Waals surface area contributed by atoms with Crippen LogP contribution < -0.4 is 4.74 Å². The first-order chi connectivity index (χ1) is 11.0. The SMILES string of the molecule is COCCOc1cccc(C=CC(=O)c2c(C)nn(C)c2C)c1. The van der Waals surface area contributed by atoms with Crippen LogP contribution in [0.1, 0.15) is 27.3 Å². The lowest BCUT2D eigenvalue weighted by Crippen LogP contribution is -2.04. The average Bonchev–Trinajstić information content (AvgIpc) is 2.78. The van der Waals surface area contributed by atoms with Gasteiger partial charge in [0, 0.05) is 19.9 Å². The summed E-state index contributed by atoms with van der Waals surface area (Å²) in [6, 6.07) is 7.59. The van der Waals surface area contributed by atoms with Crippen molar-refractivity contribution < 1.29 is 14.3 Å². The van der Waals surface area contributed by atoms with E-state index in [-0.39, 0.29) is 5.78 Å². The molecule has 0 unspecified atom stereocenters. The zero-order chi connectivity index (χ0) is 16.8. The maximum atomic E-state index is 12.4. The van der Waals surface area contributed by atoms with E-state index in [9.17, 15) is 4.79 Å². The molecule has 122 valence electrons. The van der Waals surface area contributed by atoms with Gasteiger partial charge in [0.25, 0.3) is 0 Å². The van der Waals surface area contributed by atoms with Gasteiger partial charge in [0.2, 0.25) is 0 Å². The van der Waals surface area contributed by atoms with Crippen molar-refractivity contribution in [2.45, 2.75) is 13.8 Å². The molecule has 0 aliphatic heterocycles. The molecule has 2 rings (SSSR count). The van der Waals surface area contributed by atoms with E-state index >= 15 is 0 Å². The van der Waals surface area contributed by atoms with Crippen molar-refractivity contribution in [2.24, 2.45) is 7.05 Å². The van der Waals surface area contributed by atoms with E-state index in [1.807, 2.05) is 45.2 Å². The van der Waals surface area contributed by atoms with E-state index in [1.54, 1.807) is 23.9 Å². The second-order valence-corrected chi connectivity index (χ2v) is 5.28. The van der Waals surface area contributed by atoms with E-state index < -0.39 is 0 Å². The number of aromatic nitrogens is 2. The zero-order valence-corrected chi connectivity index (χ0v) is 14.0. The second kappa shape index (κ2) is 7.74. The van der Waals surface area contributed by atoms with Crippen LogP contribution in [-0.2, 0) is 11.8 Å². The Hall–Kier alpha value is -2.40. The molecule has 0 amide bonds. The Morgan fingerprint density at radius 3 is 2.74 bits per heavy atom. The van der Waals surface area contributed by atoms with Crippen LogP contribution in [0.2, 0.25) is 0 Å². The summed E-state index contributed by atoms with van der Waals surface area (Å²) in [7, 11) is 3.47. The number of nitrogens with zero attached hydrogens (tertiary/aromatic N) is 2. The van der Waals surface area contributed by atoms with Gasteiger partial charge in [0.1, 0.15) is 12.4 Å². The molecule has 0 saturated carbocycles. The van der Waals surface area contributed by atoms with Crippen LogP contribution in [0.25, 0.3) is 6.08 Å². The average molecular weight is 314 g/mol. The Labute approximate surface area is 136 Å². The zero-order valence-electron chi connectivity index (χ0n) is 14.0. The van der Waals surface area contributed by atoms with Crippen molar-refractivity contribution in [3.63, 3.8) is 0 Å². The van der Waals surface area contributed by atoms with Gasteiger partial charge in [-0.15, -0.1) is 0 Å². The predicted molar refractivity (Wildman–Crippen MR) is 89.9 cm³/mol. The lowest BCUT2D eigenvalue weighted by molar-refractivity contribution is 0.104. The number of benzene rings is 1. The molecule has 0 N–H and O–H groups in total. The fraction of sp³-hybridized carbons (Fsp3) is 0.333. The molecule has 0 atom stereocenters. The van der Waals surface area contributed by atoms with E-state index in [0.29, 0.717) is 18.8 Å². The molecule has 0 bridgehead atoms. The number of hydrogen-bond acceptors (Lipinski definition) is 4. The highest BCUT2D eigenvalue weighted by atomic mass is 16.5. The topological polar surface area (TPSA) is 53.4 Å². The van der Waals surface area contributed by atoms with Gasteiger partial charge in [0.15, 0.2) is 5.78 Å². The maximum absolute atomic E-state index is 12.4. The van der Waals surface area contributed by atoms with Gasteiger partial charge in [-0.1, -0.05) is 18.2 Å². The predicted octanol–water partition coefficient (Wildman–Crippen LogP) is 2.96. The first kappa shape index (κ1) is 17.0. The molecule has 0 spiro atoms. The van der Waals surface area contributed by atoms with Crippen LogP contribution in [0, 0.1) is 13.8 Å². The number of hydrogen-bond donors (Lipinski definition) is 0. The molecule has 23 heavy (non-hydrogen) atoms. The quantitative estimate of drug-likeness (QED) is 0.448. The molecule has 1 aromatic carbocycles. The lowest BCUT2D eigenvalue weighted by atomic mass is 10.1. The normalized spacial score (nSPS) is 11.1. The number of carbonyl (C=O) groups excluding carboxylic acids is 1. The summed E-state index contributed by atoms with van der Waals surface area (Å²) in [6.45, 7) is 4.78. The summed E-state index contributed by atoms with van der Waals surface area (Å²) in [5.41, 5.74) is 3.19. The highest BCUT2D eigenvalue weighted by molar-refractivity contribution is 6.08. The molecule has 1 aromatic heterocycles. The van der Waals surface area contributed by atoms with Crippen molar-refractivity contribution in [3.8, 4) is 5.75 Å². The standard InChI is InChI=1S/C18H22N2O3/c1-13-18(14(2)20(3)19-13)17(21)9-8-15-6-5-7-16(12-15)23-11-10-22-4/h5-9,12H,10-11H2,1-4H3. The molecular weight excluding hydrogens is 292 g/mol. The first-order valence-corrected chi connectivity index (χ1v) is 7.47. The Bertz CT molecular complexity index is 717. The van der Waals surface area contributed by atoms with Gasteiger partial charge < -0.3 is 9.47 Å². The van der Waals surface area contributed by atoms with Crippen LogP contribution in [0.3, 0.4) is 0 Å². The van der Waals surface area contributed by atoms with Gasteiger partial charge in [-0.3, -0.25) is 9.48 Å². The number of methoxy groups -OCH3 is 1. The van der Waals surface area contributed by atoms with Gasteiger partial charge in [-0.05, 0) is 37.6 Å². The Morgan fingerprint density at radius 1 is 1.30 bits per heavy atom. The number of rotatable bonds is 7. The Morgan fingerprint density at radius 2 is 2.09 bits per heavy atom. The largest absolute Gasteiger partial charge is 0.491 e. The maximum Gasteiger partial charge on any atom is 0.189 e. The van der Waals surface area contributed by atoms with Crippen LogP contribution in [0.15, 0.2) is 30.3 Å². The monoisotopic (exact) mass is 314 g/mol. The van der Waals surface area contributed by atoms with Crippen LogP contribution in [-0.4, -0.2) is 35.9 Å². The van der Waals surface area contributed by atoms with E-state index in [0.717, 1.165) is 22.7 Å². The smallest absolute Gasteiger partial charge is 0.189 e. The molecule has 0 fully saturated rings. The third-order valence-corrected chi connectivity index (χ3v) is 3.60. The molecule has 0 aliphatic carbocycles. The molecule has 5 nitrogen and oxygen atoms in total. The third kappa shape index (κ3) is 4.29. The van der Waals surface area contributed by atoms with E-state index in [1.165, 1.54) is 0 Å². The van der Waals surface area contributed by atoms with E-state index in [4.69, 9.17) is 9.47 Å². The third-order valence-electron chi connectivity index (χ3n) is 3.60. The minimum Gasteiger partial charge on any atom is -0.491 e. The van der Waals surface area contributed by atoms with Gasteiger partial charge in [-0.25, -0.2) is 0 Å². The van der Waals surface area contributed by atoms with Gasteiger partial charge in [0.05, 0.1) is 17.9 Å². The number of ether oxygens (including phenoxy) is 2. The van der Waals surface area contributed by atoms with Crippen molar-refractivity contribution in [3.05, 3.63) is 52.9 Å². The van der Waals surface area contributed by atoms with Gasteiger partial charge in [-0.2, -0.15) is 5.10 Å². The number of ketones is 1. The minimum absolute atomic E-state index is 0.0428. The number of allylic oxidation sites excluding steroid dienone is 1. The Balaban J connectivity index is 2.10. The summed E-state index contributed by atoms with van der Waals surface area (Å²) in [5.74, 6) is 0.712. The summed E-state index contributed by atoms with van der Waals surface area (Å²) in [5, 5.41) is 4.27. The summed E-state index contributed by atoms with van der Waals surface area (Å²) < 4.78 is 12.2. The molecule has 1 heterocycles. The van der Waals surface area contributed by atoms with Crippen LogP contribution in [0.4, 0.5) is 0 Å². The summed E-state index contributed by atoms with van der Waals surface area (Å²) >= 11 is 0. The van der Waals surface area contributed by atoms with Crippen molar-refractivity contribution in [1.82, 2.24) is 9.78 Å². The fourth-order valence-electron chi connectivity index (χ4n) is 2.34. The lowest BCUT2D eigenvalue weighted by Gasteiger charge is -2.05. The van der Waals surface area contributed by atoms with Crippen molar-refractivity contribution in [2.75, 3.05) is 20.3 Å². The number of aryl methyl sites for hydroxylation is 2. The Kier molecular flexibility index (Phi) is 5.71. The minimum atomic E-state index is -0.0428. The number of carbonyl (C=O) groups is 1. The van der Waals surface area contributed by atoms with Gasteiger partial charge >= 0.3 is 0 Å². The fourth-order valence-corrected chi connectivity index (χ4v) is 2.34. The van der Waals surface area contributed by atoms with Crippen molar-refractivity contribution in [1.29, 1.82) is 0 Å². The molecule has 5 heteroatoms. The van der Waals surface area contributed by atoms with Crippen LogP contribution >= 0.6 is 0 Å². The molecule has 2 aromatic rings. The molecule has 0 saturated heterocycles. The summed E-state index contributed by atoms with van der Waals surface area (Å²) in [4.78, 5) is 12.4. The van der Waals surface area contributed by atoms with E-state index in [2.05, 4.69) is 5.10 Å². The highest BCUT2D eigenvalue weighted by Gasteiger charge is 2.14. The highest BCUT2D eigenvalue weighted by Crippen LogP contribution is 2.17. The molecule has 0 radical (unpaired) electrons. The molecular formula is C18H22N2O3. The van der Waals surface area contributed by atoms with Crippen molar-refractivity contribution >= 4 is 11.9 Å². The summed E-state index contributed by atoms with van der Waals surface area (Å²) in [6.07, 6.45) is 3.36. The molecule has 0 aliphatic rings. The first-order valence-electron chi connectivity index (χ1n) is 7.47.